The smallest absolute Gasteiger partial charge is 0.246 e. The second-order valence-electron chi connectivity index (χ2n) is 6.45. The van der Waals surface area contributed by atoms with Crippen LogP contribution in [0.4, 0.5) is 0 Å². The van der Waals surface area contributed by atoms with Gasteiger partial charge in [-0.2, -0.15) is 0 Å². The van der Waals surface area contributed by atoms with Gasteiger partial charge in [-0.1, -0.05) is 53.9 Å². The third kappa shape index (κ3) is 6.31. The Balaban J connectivity index is 1.76. The Bertz CT molecular complexity index is 607. The zero-order chi connectivity index (χ0) is 18.1. The molecule has 1 aliphatic rings. The predicted molar refractivity (Wildman–Crippen MR) is 105 cm³/mol. The second kappa shape index (κ2) is 10.4. The highest BCUT2D eigenvalue weighted by Crippen LogP contribution is 2.19. The van der Waals surface area contributed by atoms with E-state index in [1.165, 1.54) is 0 Å². The van der Waals surface area contributed by atoms with Crippen molar-refractivity contribution in [1.82, 2.24) is 10.2 Å². The molecule has 0 spiro atoms. The van der Waals surface area contributed by atoms with Crippen LogP contribution in [0.2, 0.25) is 0 Å². The van der Waals surface area contributed by atoms with Crippen LogP contribution in [0.1, 0.15) is 44.6 Å². The molecule has 0 unspecified atom stereocenters. The molecule has 0 atom stereocenters. The number of halogens is 1. The quantitative estimate of drug-likeness (QED) is 0.549. The molecule has 1 aromatic rings. The molecule has 25 heavy (non-hydrogen) atoms. The summed E-state index contributed by atoms with van der Waals surface area (Å²) in [6, 6.07) is 7.80. The highest BCUT2D eigenvalue weighted by molar-refractivity contribution is 9.10. The van der Waals surface area contributed by atoms with E-state index < -0.39 is 0 Å². The Morgan fingerprint density at radius 1 is 1.24 bits per heavy atom. The van der Waals surface area contributed by atoms with Gasteiger partial charge in [0.1, 0.15) is 0 Å². The predicted octanol–water partition coefficient (Wildman–Crippen LogP) is 4.01. The van der Waals surface area contributed by atoms with Crippen molar-refractivity contribution < 1.29 is 9.59 Å². The number of piperidine rings is 1. The van der Waals surface area contributed by atoms with Crippen LogP contribution in [-0.4, -0.2) is 36.3 Å². The van der Waals surface area contributed by atoms with Gasteiger partial charge in [-0.25, -0.2) is 0 Å². The molecule has 1 saturated heterocycles. The first-order valence-corrected chi connectivity index (χ1v) is 9.90. The van der Waals surface area contributed by atoms with E-state index in [1.54, 1.807) is 6.08 Å². The summed E-state index contributed by atoms with van der Waals surface area (Å²) >= 11 is 3.48. The van der Waals surface area contributed by atoms with E-state index in [1.807, 2.05) is 35.2 Å². The largest absolute Gasteiger partial charge is 0.356 e. The van der Waals surface area contributed by atoms with Crippen LogP contribution >= 0.6 is 15.9 Å². The van der Waals surface area contributed by atoms with Crippen LogP contribution in [0.5, 0.6) is 0 Å². The van der Waals surface area contributed by atoms with Crippen LogP contribution in [0.3, 0.4) is 0 Å². The van der Waals surface area contributed by atoms with E-state index in [0.29, 0.717) is 13.1 Å². The number of unbranched alkanes of at least 4 members (excludes halogenated alkanes) is 2. The molecule has 5 heteroatoms. The Labute approximate surface area is 158 Å². The zero-order valence-electron chi connectivity index (χ0n) is 14.8. The lowest BCUT2D eigenvalue weighted by Gasteiger charge is -2.30. The molecule has 136 valence electrons. The van der Waals surface area contributed by atoms with Gasteiger partial charge in [-0.05, 0) is 37.0 Å². The lowest BCUT2D eigenvalue weighted by atomic mass is 9.95. The average molecular weight is 407 g/mol. The number of nitrogens with one attached hydrogen (secondary N) is 1. The van der Waals surface area contributed by atoms with E-state index in [9.17, 15) is 9.59 Å². The van der Waals surface area contributed by atoms with Crippen LogP contribution < -0.4 is 5.32 Å². The van der Waals surface area contributed by atoms with Crippen molar-refractivity contribution in [2.75, 3.05) is 19.6 Å². The number of benzene rings is 1. The van der Waals surface area contributed by atoms with Crippen molar-refractivity contribution >= 4 is 33.8 Å². The maximum Gasteiger partial charge on any atom is 0.246 e. The number of hydrogen-bond donors (Lipinski definition) is 1. The normalized spacial score (nSPS) is 15.5. The van der Waals surface area contributed by atoms with Gasteiger partial charge in [0.05, 0.1) is 0 Å². The maximum atomic E-state index is 12.3. The minimum atomic E-state index is 0.0116. The van der Waals surface area contributed by atoms with Crippen LogP contribution in [0, 0.1) is 5.92 Å². The van der Waals surface area contributed by atoms with Gasteiger partial charge in [0.2, 0.25) is 11.8 Å². The van der Waals surface area contributed by atoms with E-state index in [4.69, 9.17) is 0 Å². The molecule has 1 aromatic carbocycles. The lowest BCUT2D eigenvalue weighted by molar-refractivity contribution is -0.132. The number of carbonyl (C=O) groups excluding carboxylic acids is 2. The fraction of sp³-hybridized carbons (Fsp3) is 0.500. The van der Waals surface area contributed by atoms with Crippen molar-refractivity contribution in [2.24, 2.45) is 5.92 Å². The molecule has 4 nitrogen and oxygen atoms in total. The molecule has 0 radical (unpaired) electrons. The fourth-order valence-corrected chi connectivity index (χ4v) is 3.39. The number of rotatable bonds is 7. The van der Waals surface area contributed by atoms with Crippen LogP contribution in [0.25, 0.3) is 6.08 Å². The lowest BCUT2D eigenvalue weighted by Crippen LogP contribution is -2.42. The molecule has 1 N–H and O–H groups in total. The van der Waals surface area contributed by atoms with Crippen molar-refractivity contribution in [3.05, 3.63) is 40.4 Å². The highest BCUT2D eigenvalue weighted by Gasteiger charge is 2.26. The summed E-state index contributed by atoms with van der Waals surface area (Å²) in [7, 11) is 0. The standard InChI is InChI=1S/C20H27BrN2O2/c1-2-3-6-13-22-20(25)17-11-14-23(15-12-17)19(24)10-9-16-7-4-5-8-18(16)21/h4-5,7-10,17H,2-3,6,11-15H2,1H3,(H,22,25)/b10-9+. The van der Waals surface area contributed by atoms with Crippen molar-refractivity contribution in [2.45, 2.75) is 39.0 Å². The Kier molecular flexibility index (Phi) is 8.19. The average Bonchev–Trinajstić information content (AvgIpc) is 2.64. The number of hydrogen-bond acceptors (Lipinski definition) is 2. The molecular weight excluding hydrogens is 380 g/mol. The van der Waals surface area contributed by atoms with Crippen molar-refractivity contribution in [3.8, 4) is 0 Å². The highest BCUT2D eigenvalue weighted by atomic mass is 79.9. The Morgan fingerprint density at radius 3 is 2.64 bits per heavy atom. The van der Waals surface area contributed by atoms with Gasteiger partial charge in [0, 0.05) is 36.1 Å². The summed E-state index contributed by atoms with van der Waals surface area (Å²) in [5.41, 5.74) is 0.984. The molecule has 2 amide bonds. The third-order valence-corrected chi connectivity index (χ3v) is 5.29. The molecule has 1 aliphatic heterocycles. The summed E-state index contributed by atoms with van der Waals surface area (Å²) in [4.78, 5) is 26.3. The molecular formula is C20H27BrN2O2. The van der Waals surface area contributed by atoms with Crippen molar-refractivity contribution in [1.29, 1.82) is 0 Å². The summed E-state index contributed by atoms with van der Waals surface area (Å²) < 4.78 is 0.970. The fourth-order valence-electron chi connectivity index (χ4n) is 2.97. The summed E-state index contributed by atoms with van der Waals surface area (Å²) in [5.74, 6) is 0.197. The summed E-state index contributed by atoms with van der Waals surface area (Å²) in [6.07, 6.45) is 8.28. The van der Waals surface area contributed by atoms with Gasteiger partial charge in [0.25, 0.3) is 0 Å². The zero-order valence-corrected chi connectivity index (χ0v) is 16.4. The number of amides is 2. The van der Waals surface area contributed by atoms with Gasteiger partial charge >= 0.3 is 0 Å². The molecule has 2 rings (SSSR count). The van der Waals surface area contributed by atoms with Gasteiger partial charge in [0.15, 0.2) is 0 Å². The van der Waals surface area contributed by atoms with E-state index >= 15 is 0 Å². The second-order valence-corrected chi connectivity index (χ2v) is 7.31. The number of carbonyl (C=O) groups is 2. The van der Waals surface area contributed by atoms with E-state index in [0.717, 1.165) is 48.7 Å². The molecule has 0 aromatic heterocycles. The monoisotopic (exact) mass is 406 g/mol. The Morgan fingerprint density at radius 2 is 1.96 bits per heavy atom. The van der Waals surface area contributed by atoms with Crippen LogP contribution in [0.15, 0.2) is 34.8 Å². The topological polar surface area (TPSA) is 49.4 Å². The minimum absolute atomic E-state index is 0.0116. The van der Waals surface area contributed by atoms with Crippen LogP contribution in [-0.2, 0) is 9.59 Å². The summed E-state index contributed by atoms with van der Waals surface area (Å²) in [6.45, 7) is 4.21. The first kappa shape index (κ1) is 19.7. The van der Waals surface area contributed by atoms with E-state index in [2.05, 4.69) is 28.2 Å². The number of nitrogens with zero attached hydrogens (tertiary/aromatic N) is 1. The number of likely N-dealkylation sites (tertiary alicyclic amines) is 1. The first-order chi connectivity index (χ1) is 12.1. The SMILES string of the molecule is CCCCCNC(=O)C1CCN(C(=O)/C=C/c2ccccc2Br)CC1. The molecule has 0 saturated carbocycles. The molecule has 0 aliphatic carbocycles. The third-order valence-electron chi connectivity index (χ3n) is 4.57. The molecule has 1 heterocycles. The summed E-state index contributed by atoms with van der Waals surface area (Å²) in [5, 5.41) is 3.02. The maximum absolute atomic E-state index is 12.3. The first-order valence-electron chi connectivity index (χ1n) is 9.11. The minimum Gasteiger partial charge on any atom is -0.356 e. The molecule has 0 bridgehead atoms. The van der Waals surface area contributed by atoms with Gasteiger partial charge in [-0.3, -0.25) is 9.59 Å². The van der Waals surface area contributed by atoms with Gasteiger partial charge < -0.3 is 10.2 Å². The van der Waals surface area contributed by atoms with Crippen molar-refractivity contribution in [3.63, 3.8) is 0 Å². The Hall–Kier alpha value is -1.62. The van der Waals surface area contributed by atoms with E-state index in [-0.39, 0.29) is 17.7 Å². The van der Waals surface area contributed by atoms with Gasteiger partial charge in [-0.15, -0.1) is 0 Å². The molecule has 1 fully saturated rings.